The summed E-state index contributed by atoms with van der Waals surface area (Å²) in [6, 6.07) is 12.4. The Labute approximate surface area is 127 Å². The number of rotatable bonds is 4. The molecule has 0 aromatic heterocycles. The number of nitrogens with zero attached hydrogens (tertiary/aromatic N) is 1. The molecule has 0 atom stereocenters. The van der Waals surface area contributed by atoms with Crippen LogP contribution < -0.4 is 4.74 Å². The summed E-state index contributed by atoms with van der Waals surface area (Å²) in [6.45, 7) is 3.68. The molecule has 2 nitrogen and oxygen atoms in total. The van der Waals surface area contributed by atoms with E-state index in [1.54, 1.807) is 36.4 Å². The molecule has 0 aliphatic carbocycles. The minimum absolute atomic E-state index is 0.437. The molecule has 0 saturated carbocycles. The lowest BCUT2D eigenvalue weighted by Crippen LogP contribution is -1.91. The molecule has 0 heterocycles. The van der Waals surface area contributed by atoms with Crippen molar-refractivity contribution >= 4 is 23.2 Å². The lowest BCUT2D eigenvalue weighted by molar-refractivity contribution is 0.482. The summed E-state index contributed by atoms with van der Waals surface area (Å²) in [5.41, 5.74) is 1.48. The van der Waals surface area contributed by atoms with Gasteiger partial charge in [-0.2, -0.15) is 5.26 Å². The molecule has 100 valence electrons. The van der Waals surface area contributed by atoms with Crippen molar-refractivity contribution in [2.24, 2.45) is 0 Å². The number of halogens is 2. The summed E-state index contributed by atoms with van der Waals surface area (Å²) < 4.78 is 5.72. The molecule has 0 bridgehead atoms. The number of ether oxygens (including phenoxy) is 1. The van der Waals surface area contributed by atoms with Crippen LogP contribution in [0, 0.1) is 11.3 Å². The summed E-state index contributed by atoms with van der Waals surface area (Å²) in [4.78, 5) is 0. The molecule has 0 radical (unpaired) electrons. The second-order valence-corrected chi connectivity index (χ2v) is 4.94. The Morgan fingerprint density at radius 2 is 2.00 bits per heavy atom. The quantitative estimate of drug-likeness (QED) is 0.710. The highest BCUT2D eigenvalue weighted by molar-refractivity contribution is 6.35. The number of benzene rings is 2. The maximum Gasteiger partial charge on any atom is 0.146 e. The van der Waals surface area contributed by atoms with E-state index in [9.17, 15) is 0 Å². The minimum Gasteiger partial charge on any atom is -0.456 e. The third-order valence-corrected chi connectivity index (χ3v) is 3.21. The summed E-state index contributed by atoms with van der Waals surface area (Å²) in [5, 5.41) is 10.0. The van der Waals surface area contributed by atoms with Gasteiger partial charge in [0, 0.05) is 5.02 Å². The van der Waals surface area contributed by atoms with E-state index in [1.807, 2.05) is 6.07 Å². The third-order valence-electron chi connectivity index (χ3n) is 2.68. The molecular formula is C16H11Cl2NO. The molecule has 0 N–H and O–H groups in total. The van der Waals surface area contributed by atoms with Crippen LogP contribution in [0.25, 0.3) is 0 Å². The van der Waals surface area contributed by atoms with Gasteiger partial charge in [0.2, 0.25) is 0 Å². The van der Waals surface area contributed by atoms with Crippen LogP contribution in [0.3, 0.4) is 0 Å². The highest BCUT2D eigenvalue weighted by Gasteiger charge is 2.07. The van der Waals surface area contributed by atoms with Gasteiger partial charge >= 0.3 is 0 Å². The van der Waals surface area contributed by atoms with Crippen LogP contribution in [0.15, 0.2) is 49.1 Å². The molecule has 0 aliphatic heterocycles. The summed E-state index contributed by atoms with van der Waals surface area (Å²) >= 11 is 11.9. The van der Waals surface area contributed by atoms with Crippen LogP contribution in [0.2, 0.25) is 10.0 Å². The van der Waals surface area contributed by atoms with E-state index in [-0.39, 0.29) is 0 Å². The fraction of sp³-hybridized carbons (Fsp3) is 0.0625. The summed E-state index contributed by atoms with van der Waals surface area (Å²) in [5.74, 6) is 1.13. The lowest BCUT2D eigenvalue weighted by atomic mass is 10.1. The average Bonchev–Trinajstić information content (AvgIpc) is 2.43. The van der Waals surface area contributed by atoms with E-state index in [4.69, 9.17) is 33.2 Å². The SMILES string of the molecule is C=CCc1cc(Oc2ccc(Cl)cc2Cl)ccc1C#N. The van der Waals surface area contributed by atoms with Crippen molar-refractivity contribution in [3.8, 4) is 17.6 Å². The Kier molecular flexibility index (Phi) is 4.68. The smallest absolute Gasteiger partial charge is 0.146 e. The first-order valence-electron chi connectivity index (χ1n) is 5.91. The van der Waals surface area contributed by atoms with Gasteiger partial charge in [0.1, 0.15) is 11.5 Å². The van der Waals surface area contributed by atoms with Crippen LogP contribution in [-0.4, -0.2) is 0 Å². The first-order valence-corrected chi connectivity index (χ1v) is 6.66. The molecule has 2 aromatic rings. The molecule has 2 aromatic carbocycles. The molecule has 0 saturated heterocycles. The number of hydrogen-bond acceptors (Lipinski definition) is 2. The van der Waals surface area contributed by atoms with Crippen molar-refractivity contribution in [1.82, 2.24) is 0 Å². The van der Waals surface area contributed by atoms with Crippen molar-refractivity contribution in [2.45, 2.75) is 6.42 Å². The molecule has 0 spiro atoms. The predicted molar refractivity (Wildman–Crippen MR) is 81.6 cm³/mol. The largest absolute Gasteiger partial charge is 0.456 e. The minimum atomic E-state index is 0.437. The Balaban J connectivity index is 2.32. The molecule has 0 fully saturated rings. The Morgan fingerprint density at radius 3 is 2.65 bits per heavy atom. The van der Waals surface area contributed by atoms with Crippen LogP contribution in [-0.2, 0) is 6.42 Å². The Hall–Kier alpha value is -1.95. The van der Waals surface area contributed by atoms with Gasteiger partial charge in [-0.05, 0) is 48.4 Å². The fourth-order valence-electron chi connectivity index (χ4n) is 1.75. The zero-order chi connectivity index (χ0) is 14.5. The van der Waals surface area contributed by atoms with E-state index < -0.39 is 0 Å². The standard InChI is InChI=1S/C16H11Cl2NO/c1-2-3-11-8-14(6-4-12(11)10-19)20-16-7-5-13(17)9-15(16)18/h2,4-9H,1,3H2. The first kappa shape index (κ1) is 14.5. The Bertz CT molecular complexity index is 689. The zero-order valence-electron chi connectivity index (χ0n) is 10.6. The maximum atomic E-state index is 9.04. The summed E-state index contributed by atoms with van der Waals surface area (Å²) in [6.07, 6.45) is 2.35. The predicted octanol–water partition coefficient (Wildman–Crippen LogP) is 5.39. The molecule has 20 heavy (non-hydrogen) atoms. The zero-order valence-corrected chi connectivity index (χ0v) is 12.1. The van der Waals surface area contributed by atoms with Crippen LogP contribution in [0.5, 0.6) is 11.5 Å². The lowest BCUT2D eigenvalue weighted by Gasteiger charge is -2.10. The highest BCUT2D eigenvalue weighted by atomic mass is 35.5. The fourth-order valence-corrected chi connectivity index (χ4v) is 2.20. The summed E-state index contributed by atoms with van der Waals surface area (Å²) in [7, 11) is 0. The molecule has 0 unspecified atom stereocenters. The molecule has 0 aliphatic rings. The molecular weight excluding hydrogens is 293 g/mol. The van der Waals surface area contributed by atoms with E-state index in [2.05, 4.69) is 12.6 Å². The monoisotopic (exact) mass is 303 g/mol. The van der Waals surface area contributed by atoms with Gasteiger partial charge < -0.3 is 4.74 Å². The van der Waals surface area contributed by atoms with Crippen molar-refractivity contribution in [1.29, 1.82) is 5.26 Å². The van der Waals surface area contributed by atoms with E-state index in [1.165, 1.54) is 0 Å². The van der Waals surface area contributed by atoms with Crippen LogP contribution in [0.4, 0.5) is 0 Å². The first-order chi connectivity index (χ1) is 9.63. The van der Waals surface area contributed by atoms with Crippen molar-refractivity contribution in [3.63, 3.8) is 0 Å². The van der Waals surface area contributed by atoms with E-state index in [0.717, 1.165) is 5.56 Å². The second kappa shape index (κ2) is 6.47. The van der Waals surface area contributed by atoms with Gasteiger partial charge in [0.05, 0.1) is 16.7 Å². The second-order valence-electron chi connectivity index (χ2n) is 4.10. The molecule has 0 amide bonds. The van der Waals surface area contributed by atoms with E-state index in [0.29, 0.717) is 33.5 Å². The van der Waals surface area contributed by atoms with Gasteiger partial charge in [-0.1, -0.05) is 29.3 Å². The van der Waals surface area contributed by atoms with Crippen molar-refractivity contribution in [3.05, 3.63) is 70.2 Å². The van der Waals surface area contributed by atoms with Gasteiger partial charge in [-0.3, -0.25) is 0 Å². The topological polar surface area (TPSA) is 33.0 Å². The highest BCUT2D eigenvalue weighted by Crippen LogP contribution is 2.32. The van der Waals surface area contributed by atoms with Gasteiger partial charge in [-0.15, -0.1) is 6.58 Å². The number of nitriles is 1. The number of hydrogen-bond donors (Lipinski definition) is 0. The van der Waals surface area contributed by atoms with E-state index >= 15 is 0 Å². The molecule has 2 rings (SSSR count). The third kappa shape index (κ3) is 3.33. The van der Waals surface area contributed by atoms with Crippen molar-refractivity contribution in [2.75, 3.05) is 0 Å². The van der Waals surface area contributed by atoms with Gasteiger partial charge in [-0.25, -0.2) is 0 Å². The van der Waals surface area contributed by atoms with Crippen LogP contribution >= 0.6 is 23.2 Å². The average molecular weight is 304 g/mol. The van der Waals surface area contributed by atoms with Gasteiger partial charge in [0.25, 0.3) is 0 Å². The normalized spacial score (nSPS) is 9.85. The van der Waals surface area contributed by atoms with Gasteiger partial charge in [0.15, 0.2) is 0 Å². The number of allylic oxidation sites excluding steroid dienone is 1. The maximum absolute atomic E-state index is 9.04. The Morgan fingerprint density at radius 1 is 1.20 bits per heavy atom. The van der Waals surface area contributed by atoms with Crippen LogP contribution in [0.1, 0.15) is 11.1 Å². The molecule has 4 heteroatoms. The van der Waals surface area contributed by atoms with Crippen molar-refractivity contribution < 1.29 is 4.74 Å².